The molecule has 0 fully saturated rings. The van der Waals surface area contributed by atoms with E-state index in [-0.39, 0.29) is 29.4 Å². The molecular weight excluding hydrogens is 338 g/mol. The fourth-order valence-electron chi connectivity index (χ4n) is 2.24. The molecule has 1 rings (SSSR count). The summed E-state index contributed by atoms with van der Waals surface area (Å²) in [5.74, 6) is -1.87. The molecule has 4 N–H and O–H groups in total. The summed E-state index contributed by atoms with van der Waals surface area (Å²) in [5, 5.41) is 9.71. The van der Waals surface area contributed by atoms with Gasteiger partial charge in [-0.1, -0.05) is 33.1 Å². The Balaban J connectivity index is 2.78. The van der Waals surface area contributed by atoms with Crippen molar-refractivity contribution in [3.63, 3.8) is 0 Å². The molecule has 1 aliphatic heterocycles. The Labute approximate surface area is 153 Å². The molecule has 0 saturated heterocycles. The second kappa shape index (κ2) is 11.1. The van der Waals surface area contributed by atoms with E-state index in [1.165, 1.54) is 0 Å². The van der Waals surface area contributed by atoms with E-state index in [1.54, 1.807) is 6.07 Å². The van der Waals surface area contributed by atoms with Crippen molar-refractivity contribution < 1.29 is 19.3 Å². The van der Waals surface area contributed by atoms with Crippen molar-refractivity contribution in [1.82, 2.24) is 5.23 Å². The number of carbonyl (C=O) groups excluding carboxylic acids is 2. The van der Waals surface area contributed by atoms with Crippen molar-refractivity contribution in [3.05, 3.63) is 11.1 Å². The Morgan fingerprint density at radius 3 is 2.38 bits per heavy atom. The van der Waals surface area contributed by atoms with Crippen LogP contribution in [-0.4, -0.2) is 36.2 Å². The highest BCUT2D eigenvalue weighted by Crippen LogP contribution is 2.21. The van der Waals surface area contributed by atoms with Crippen LogP contribution in [0.25, 0.3) is 0 Å². The maximum absolute atomic E-state index is 12.3. The molecule has 0 unspecified atom stereocenters. The minimum atomic E-state index is -0.987. The molecule has 1 aliphatic rings. The molecule has 9 heteroatoms. The third kappa shape index (κ3) is 6.72. The molecule has 0 radical (unpaired) electrons. The third-order valence-corrected chi connectivity index (χ3v) is 3.63. The summed E-state index contributed by atoms with van der Waals surface area (Å²) in [4.78, 5) is 38.3. The highest BCUT2D eigenvalue weighted by Gasteiger charge is 2.33. The largest absolute Gasteiger partial charge is 0.378 e. The zero-order chi connectivity index (χ0) is 19.5. The third-order valence-electron chi connectivity index (χ3n) is 3.63. The number of nitrogens with two attached hydrogens (primary N) is 2. The van der Waals surface area contributed by atoms with Crippen LogP contribution in [0.15, 0.2) is 16.1 Å². The van der Waals surface area contributed by atoms with Gasteiger partial charge in [-0.25, -0.2) is 14.6 Å². The highest BCUT2D eigenvalue weighted by atomic mass is 17.0. The van der Waals surface area contributed by atoms with Crippen LogP contribution in [0.1, 0.15) is 52.4 Å². The van der Waals surface area contributed by atoms with Gasteiger partial charge in [-0.05, 0) is 31.7 Å². The molecular formula is C17H27N5O4. The first kappa shape index (κ1) is 21.4. The predicted molar refractivity (Wildman–Crippen MR) is 94.7 cm³/mol. The first-order chi connectivity index (χ1) is 12.4. The molecule has 9 nitrogen and oxygen atoms in total. The average Bonchev–Trinajstić information content (AvgIpc) is 2.72. The number of carbonyl (C=O) groups is 2. The highest BCUT2D eigenvalue weighted by molar-refractivity contribution is 6.04. The summed E-state index contributed by atoms with van der Waals surface area (Å²) in [7, 11) is 0. The Morgan fingerprint density at radius 2 is 1.77 bits per heavy atom. The van der Waals surface area contributed by atoms with Crippen LogP contribution in [0, 0.1) is 17.2 Å². The monoisotopic (exact) mass is 365 g/mol. The maximum atomic E-state index is 12.3. The van der Waals surface area contributed by atoms with E-state index in [2.05, 4.69) is 4.99 Å². The first-order valence-electron chi connectivity index (χ1n) is 8.78. The zero-order valence-electron chi connectivity index (χ0n) is 15.4. The Bertz CT molecular complexity index is 607. The van der Waals surface area contributed by atoms with Gasteiger partial charge in [0.1, 0.15) is 11.6 Å². The molecule has 1 heterocycles. The van der Waals surface area contributed by atoms with Crippen LogP contribution in [0.3, 0.4) is 0 Å². The molecule has 0 aromatic carbocycles. The van der Waals surface area contributed by atoms with Crippen LogP contribution >= 0.6 is 0 Å². The molecule has 0 bridgehead atoms. The number of nitrogens with zero attached hydrogens (tertiary/aromatic N) is 3. The van der Waals surface area contributed by atoms with E-state index in [0.717, 1.165) is 25.7 Å². The van der Waals surface area contributed by atoms with Gasteiger partial charge in [0.25, 0.3) is 5.96 Å². The standard InChI is InChI=1S/C17H27N5O4/c1-12(2)11-21-17(20)22-25-15(23)13(14(10-19)16(24)26-22)8-6-4-3-5-7-9-18/h12H,3-9,11,18H2,1-2H3,(H2,20,21). The Hall–Kier alpha value is -2.60. The maximum Gasteiger partial charge on any atom is 0.378 e. The van der Waals surface area contributed by atoms with E-state index in [0.29, 0.717) is 24.7 Å². The lowest BCUT2D eigenvalue weighted by Crippen LogP contribution is -2.39. The Kier molecular flexibility index (Phi) is 9.15. The average molecular weight is 365 g/mol. The number of nitriles is 1. The van der Waals surface area contributed by atoms with Crippen molar-refractivity contribution in [2.24, 2.45) is 22.4 Å². The van der Waals surface area contributed by atoms with Gasteiger partial charge in [0.2, 0.25) is 0 Å². The number of guanidine groups is 1. The topological polar surface area (TPSA) is 144 Å². The van der Waals surface area contributed by atoms with E-state index < -0.39 is 11.9 Å². The molecule has 0 amide bonds. The second-order valence-corrected chi connectivity index (χ2v) is 6.38. The van der Waals surface area contributed by atoms with Crippen molar-refractivity contribution in [1.29, 1.82) is 5.26 Å². The van der Waals surface area contributed by atoms with Crippen molar-refractivity contribution in [2.75, 3.05) is 13.1 Å². The summed E-state index contributed by atoms with van der Waals surface area (Å²) in [6.45, 7) is 4.87. The second-order valence-electron chi connectivity index (χ2n) is 6.38. The first-order valence-corrected chi connectivity index (χ1v) is 8.78. The summed E-state index contributed by atoms with van der Waals surface area (Å²) in [6.07, 6.45) is 4.66. The lowest BCUT2D eigenvalue weighted by Gasteiger charge is -2.17. The molecule has 0 spiro atoms. The smallest absolute Gasteiger partial charge is 0.364 e. The normalized spacial score (nSPS) is 15.7. The van der Waals surface area contributed by atoms with Crippen molar-refractivity contribution in [3.8, 4) is 6.07 Å². The van der Waals surface area contributed by atoms with E-state index in [4.69, 9.17) is 21.1 Å². The van der Waals surface area contributed by atoms with Gasteiger partial charge in [-0.15, -0.1) is 0 Å². The molecule has 0 saturated carbocycles. The van der Waals surface area contributed by atoms with Gasteiger partial charge in [0.15, 0.2) is 0 Å². The van der Waals surface area contributed by atoms with Crippen molar-refractivity contribution in [2.45, 2.75) is 52.4 Å². The molecule has 144 valence electrons. The van der Waals surface area contributed by atoms with Gasteiger partial charge in [-0.2, -0.15) is 5.26 Å². The fraction of sp³-hybridized carbons (Fsp3) is 0.647. The zero-order valence-corrected chi connectivity index (χ0v) is 15.4. The molecule has 0 aromatic heterocycles. The lowest BCUT2D eigenvalue weighted by atomic mass is 10.0. The molecule has 0 aromatic rings. The van der Waals surface area contributed by atoms with Gasteiger partial charge >= 0.3 is 11.9 Å². The molecule has 0 atom stereocenters. The van der Waals surface area contributed by atoms with Gasteiger partial charge < -0.3 is 11.5 Å². The van der Waals surface area contributed by atoms with Crippen LogP contribution in [0.5, 0.6) is 0 Å². The number of unbranched alkanes of at least 4 members (excludes halogenated alkanes) is 4. The quantitative estimate of drug-likeness (QED) is 0.353. The van der Waals surface area contributed by atoms with Crippen molar-refractivity contribution >= 4 is 17.9 Å². The van der Waals surface area contributed by atoms with E-state index in [1.807, 2.05) is 13.8 Å². The number of hydrogen-bond acceptors (Lipinski definition) is 7. The number of hydrogen-bond donors (Lipinski definition) is 2. The fourth-order valence-corrected chi connectivity index (χ4v) is 2.24. The summed E-state index contributed by atoms with van der Waals surface area (Å²) >= 11 is 0. The summed E-state index contributed by atoms with van der Waals surface area (Å²) in [5.41, 5.74) is 10.8. The van der Waals surface area contributed by atoms with Gasteiger partial charge in [0, 0.05) is 11.8 Å². The molecule has 0 aliphatic carbocycles. The minimum absolute atomic E-state index is 0.00418. The number of rotatable bonds is 9. The van der Waals surface area contributed by atoms with Crippen LogP contribution < -0.4 is 11.5 Å². The van der Waals surface area contributed by atoms with Gasteiger partial charge in [-0.3, -0.25) is 9.68 Å². The summed E-state index contributed by atoms with van der Waals surface area (Å²) < 4.78 is 0. The summed E-state index contributed by atoms with van der Waals surface area (Å²) in [6, 6.07) is 1.73. The van der Waals surface area contributed by atoms with Crippen LogP contribution in [0.4, 0.5) is 0 Å². The van der Waals surface area contributed by atoms with Crippen LogP contribution in [-0.2, 0) is 19.3 Å². The number of aliphatic imine (C=N–C) groups is 1. The van der Waals surface area contributed by atoms with Crippen LogP contribution in [0.2, 0.25) is 0 Å². The van der Waals surface area contributed by atoms with Gasteiger partial charge in [0.05, 0.1) is 5.57 Å². The predicted octanol–water partition coefficient (Wildman–Crippen LogP) is 1.31. The Morgan fingerprint density at radius 1 is 1.15 bits per heavy atom. The van der Waals surface area contributed by atoms with E-state index >= 15 is 0 Å². The SMILES string of the molecule is CC(C)CN=C(N)N1OC(=O)C(C#N)=C(CCCCCCCN)C(=O)O1. The minimum Gasteiger partial charge on any atom is -0.364 e. The number of hydroxylamine groups is 2. The molecule has 26 heavy (non-hydrogen) atoms. The lowest BCUT2D eigenvalue weighted by molar-refractivity contribution is -0.275. The van der Waals surface area contributed by atoms with E-state index in [9.17, 15) is 14.9 Å².